The maximum absolute atomic E-state index is 11.9. The molecule has 2 aliphatic heterocycles. The third kappa shape index (κ3) is 1.57. The molecule has 0 aromatic rings. The van der Waals surface area contributed by atoms with Gasteiger partial charge in [-0.1, -0.05) is 6.92 Å². The van der Waals surface area contributed by atoms with Crippen molar-refractivity contribution in [3.63, 3.8) is 0 Å². The van der Waals surface area contributed by atoms with Gasteiger partial charge < -0.3 is 10.6 Å². The van der Waals surface area contributed by atoms with Gasteiger partial charge in [-0.25, -0.2) is 0 Å². The van der Waals surface area contributed by atoms with Gasteiger partial charge >= 0.3 is 0 Å². The first kappa shape index (κ1) is 10.6. The van der Waals surface area contributed by atoms with E-state index in [1.54, 1.807) is 0 Å². The summed E-state index contributed by atoms with van der Waals surface area (Å²) in [5.74, 6) is 0.849. The van der Waals surface area contributed by atoms with E-state index in [-0.39, 0.29) is 17.2 Å². The Morgan fingerprint density at radius 2 is 2.31 bits per heavy atom. The Kier molecular flexibility index (Phi) is 2.47. The zero-order valence-electron chi connectivity index (χ0n) is 9.08. The fraction of sp³-hybridized carbons (Fsp3) is 0.636. The number of carbonyl (C=O) groups is 1. The maximum atomic E-state index is 11.9. The summed E-state index contributed by atoms with van der Waals surface area (Å²) in [5, 5.41) is 6.56. The van der Waals surface area contributed by atoms with Crippen LogP contribution in [0.3, 0.4) is 0 Å². The predicted molar refractivity (Wildman–Crippen MR) is 68.8 cm³/mol. The molecule has 3 atom stereocenters. The van der Waals surface area contributed by atoms with E-state index in [0.717, 1.165) is 18.8 Å². The lowest BCUT2D eigenvalue weighted by atomic mass is 9.84. The Balaban J connectivity index is 1.90. The summed E-state index contributed by atoms with van der Waals surface area (Å²) >= 11 is 6.83. The largest absolute Gasteiger partial charge is 0.349 e. The number of fused-ring (bicyclic) bond motifs is 2. The molecule has 3 aliphatic rings. The molecular weight excluding hydrogens is 240 g/mol. The van der Waals surface area contributed by atoms with Gasteiger partial charge in [0.05, 0.1) is 11.3 Å². The van der Waals surface area contributed by atoms with Crippen molar-refractivity contribution < 1.29 is 4.79 Å². The molecule has 1 amide bonds. The molecule has 1 fully saturated rings. The summed E-state index contributed by atoms with van der Waals surface area (Å²) in [6.07, 6.45) is 3.42. The number of thioether (sulfide) groups is 1. The van der Waals surface area contributed by atoms with Crippen LogP contribution in [0.5, 0.6) is 0 Å². The Morgan fingerprint density at radius 1 is 1.50 bits per heavy atom. The average molecular weight is 254 g/mol. The number of carbonyl (C=O) groups excluding carboxylic acids is 1. The van der Waals surface area contributed by atoms with Gasteiger partial charge in [-0.15, -0.1) is 11.8 Å². The highest BCUT2D eigenvalue weighted by molar-refractivity contribution is 8.04. The molecule has 0 bridgehead atoms. The van der Waals surface area contributed by atoms with E-state index in [1.165, 1.54) is 16.9 Å². The SMILES string of the molecule is C[C@H]1CCC2=C(C1)S[C@H]1NC(=S)NC(=O)[C@H]21. The molecule has 0 radical (unpaired) electrons. The van der Waals surface area contributed by atoms with Gasteiger partial charge in [-0.3, -0.25) is 4.79 Å². The third-order valence-electron chi connectivity index (χ3n) is 3.54. The van der Waals surface area contributed by atoms with Crippen molar-refractivity contribution >= 4 is 35.0 Å². The third-order valence-corrected chi connectivity index (χ3v) is 5.12. The van der Waals surface area contributed by atoms with E-state index in [9.17, 15) is 4.79 Å². The number of hydrogen-bond donors (Lipinski definition) is 2. The Hall–Kier alpha value is -0.550. The van der Waals surface area contributed by atoms with E-state index in [1.807, 2.05) is 11.8 Å². The average Bonchev–Trinajstić information content (AvgIpc) is 2.54. The van der Waals surface area contributed by atoms with Gasteiger partial charge in [-0.2, -0.15) is 0 Å². The maximum Gasteiger partial charge on any atom is 0.236 e. The summed E-state index contributed by atoms with van der Waals surface area (Å²) < 4.78 is 0. The minimum atomic E-state index is 0.0131. The lowest BCUT2D eigenvalue weighted by Gasteiger charge is -2.29. The number of thiocarbonyl (C=S) groups is 1. The van der Waals surface area contributed by atoms with Gasteiger partial charge in [0, 0.05) is 0 Å². The molecule has 0 aromatic carbocycles. The topological polar surface area (TPSA) is 41.1 Å². The van der Waals surface area contributed by atoms with Crippen molar-refractivity contribution in [1.82, 2.24) is 10.6 Å². The first-order valence-electron chi connectivity index (χ1n) is 5.65. The normalized spacial score (nSPS) is 37.7. The molecule has 3 nitrogen and oxygen atoms in total. The fourth-order valence-electron chi connectivity index (χ4n) is 2.71. The van der Waals surface area contributed by atoms with Crippen LogP contribution in [-0.2, 0) is 4.79 Å². The molecular formula is C11H14N2OS2. The van der Waals surface area contributed by atoms with Gasteiger partial charge in [-0.05, 0) is 47.9 Å². The first-order chi connectivity index (χ1) is 7.65. The zero-order valence-corrected chi connectivity index (χ0v) is 10.7. The number of amides is 1. The molecule has 1 aliphatic carbocycles. The predicted octanol–water partition coefficient (Wildman–Crippen LogP) is 1.75. The van der Waals surface area contributed by atoms with Crippen molar-refractivity contribution in [3.8, 4) is 0 Å². The Labute approximate surface area is 104 Å². The van der Waals surface area contributed by atoms with Crippen molar-refractivity contribution in [2.75, 3.05) is 0 Å². The molecule has 0 aromatic heterocycles. The fourth-order valence-corrected chi connectivity index (χ4v) is 4.68. The second-order valence-corrected chi connectivity index (χ2v) is 6.42. The summed E-state index contributed by atoms with van der Waals surface area (Å²) in [4.78, 5) is 13.4. The quantitative estimate of drug-likeness (QED) is 0.646. The molecule has 0 unspecified atom stereocenters. The highest BCUT2D eigenvalue weighted by Crippen LogP contribution is 2.49. The van der Waals surface area contributed by atoms with Crippen LogP contribution in [0, 0.1) is 11.8 Å². The molecule has 2 heterocycles. The number of hydrogen-bond acceptors (Lipinski definition) is 3. The minimum absolute atomic E-state index is 0.0131. The number of allylic oxidation sites excluding steroid dienone is 1. The van der Waals surface area contributed by atoms with Gasteiger partial charge in [0.1, 0.15) is 0 Å². The lowest BCUT2D eigenvalue weighted by Crippen LogP contribution is -2.55. The first-order valence-corrected chi connectivity index (χ1v) is 6.94. The summed E-state index contributed by atoms with van der Waals surface area (Å²) in [6, 6.07) is 0. The van der Waals surface area contributed by atoms with E-state index < -0.39 is 0 Å². The van der Waals surface area contributed by atoms with Gasteiger partial charge in [0.15, 0.2) is 5.11 Å². The van der Waals surface area contributed by atoms with Crippen LogP contribution in [-0.4, -0.2) is 16.4 Å². The highest BCUT2D eigenvalue weighted by atomic mass is 32.2. The van der Waals surface area contributed by atoms with Crippen molar-refractivity contribution in [1.29, 1.82) is 0 Å². The van der Waals surface area contributed by atoms with Gasteiger partial charge in [0.2, 0.25) is 5.91 Å². The zero-order chi connectivity index (χ0) is 11.3. The standard InChI is InChI=1S/C11H14N2OS2/c1-5-2-3-6-7(4-5)16-10-8(6)9(14)12-11(15)13-10/h5,8,10H,2-4H2,1H3,(H2,12,13,14,15)/t5-,8-,10+/m0/s1. The molecule has 16 heavy (non-hydrogen) atoms. The lowest BCUT2D eigenvalue weighted by molar-refractivity contribution is -0.123. The van der Waals surface area contributed by atoms with E-state index in [4.69, 9.17) is 12.2 Å². The molecule has 1 saturated heterocycles. The van der Waals surface area contributed by atoms with E-state index in [0.29, 0.717) is 5.11 Å². The van der Waals surface area contributed by atoms with Gasteiger partial charge in [0.25, 0.3) is 0 Å². The second-order valence-electron chi connectivity index (χ2n) is 4.78. The van der Waals surface area contributed by atoms with Crippen LogP contribution in [0.1, 0.15) is 26.2 Å². The number of rotatable bonds is 0. The molecule has 5 heteroatoms. The number of nitrogens with one attached hydrogen (secondary N) is 2. The van der Waals surface area contributed by atoms with Crippen LogP contribution in [0.2, 0.25) is 0 Å². The van der Waals surface area contributed by atoms with E-state index >= 15 is 0 Å². The molecule has 0 saturated carbocycles. The minimum Gasteiger partial charge on any atom is -0.349 e. The summed E-state index contributed by atoms with van der Waals surface area (Å²) in [5.41, 5.74) is 1.36. The Morgan fingerprint density at radius 3 is 3.12 bits per heavy atom. The van der Waals surface area contributed by atoms with Crippen molar-refractivity contribution in [2.45, 2.75) is 31.6 Å². The molecule has 3 rings (SSSR count). The second kappa shape index (κ2) is 3.74. The van der Waals surface area contributed by atoms with Crippen LogP contribution in [0.4, 0.5) is 0 Å². The summed E-state index contributed by atoms with van der Waals surface area (Å²) in [7, 11) is 0. The monoisotopic (exact) mass is 254 g/mol. The van der Waals surface area contributed by atoms with E-state index in [2.05, 4.69) is 17.6 Å². The van der Waals surface area contributed by atoms with Crippen LogP contribution in [0.15, 0.2) is 10.5 Å². The molecule has 0 spiro atoms. The highest BCUT2D eigenvalue weighted by Gasteiger charge is 2.44. The smallest absolute Gasteiger partial charge is 0.236 e. The molecule has 86 valence electrons. The van der Waals surface area contributed by atoms with Crippen LogP contribution in [0.25, 0.3) is 0 Å². The van der Waals surface area contributed by atoms with Crippen LogP contribution < -0.4 is 10.6 Å². The van der Waals surface area contributed by atoms with Crippen molar-refractivity contribution in [3.05, 3.63) is 10.5 Å². The van der Waals surface area contributed by atoms with Crippen molar-refractivity contribution in [2.24, 2.45) is 11.8 Å². The summed E-state index contributed by atoms with van der Waals surface area (Å²) in [6.45, 7) is 2.28. The van der Waals surface area contributed by atoms with Crippen LogP contribution >= 0.6 is 24.0 Å². The molecule has 2 N–H and O–H groups in total. The Bertz CT molecular complexity index is 405.